The minimum atomic E-state index is -0.521. The lowest BCUT2D eigenvalue weighted by molar-refractivity contribution is 0.321. The average molecular weight is 218 g/mol. The number of pyridine rings is 1. The van der Waals surface area contributed by atoms with Crippen molar-refractivity contribution >= 4 is 6.21 Å². The number of aromatic nitrogens is 1. The van der Waals surface area contributed by atoms with Gasteiger partial charge in [0.2, 0.25) is 0 Å². The second kappa shape index (κ2) is 4.75. The van der Waals surface area contributed by atoms with Crippen molar-refractivity contribution in [3.8, 4) is 11.8 Å². The molecule has 0 radical (unpaired) electrons. The van der Waals surface area contributed by atoms with Gasteiger partial charge in [0.1, 0.15) is 11.4 Å². The van der Waals surface area contributed by atoms with Crippen LogP contribution in [0.1, 0.15) is 30.7 Å². The van der Waals surface area contributed by atoms with Crippen LogP contribution >= 0.6 is 0 Å². The van der Waals surface area contributed by atoms with E-state index >= 15 is 0 Å². The third kappa shape index (κ3) is 2.37. The van der Waals surface area contributed by atoms with Crippen molar-refractivity contribution < 1.29 is 9.60 Å². The molecule has 0 spiro atoms. The topological polar surface area (TPSA) is 45.5 Å². The van der Waals surface area contributed by atoms with E-state index in [9.17, 15) is 4.39 Å². The molecule has 16 heavy (non-hydrogen) atoms. The summed E-state index contributed by atoms with van der Waals surface area (Å²) in [6.07, 6.45) is 4.47. The molecule has 1 N–H and O–H groups in total. The van der Waals surface area contributed by atoms with Crippen LogP contribution in [0.15, 0.2) is 17.3 Å². The van der Waals surface area contributed by atoms with Gasteiger partial charge in [-0.05, 0) is 30.9 Å². The number of halogens is 1. The van der Waals surface area contributed by atoms with Gasteiger partial charge in [-0.3, -0.25) is 0 Å². The van der Waals surface area contributed by atoms with Gasteiger partial charge in [0, 0.05) is 5.92 Å². The van der Waals surface area contributed by atoms with Gasteiger partial charge in [-0.2, -0.15) is 0 Å². The van der Waals surface area contributed by atoms with Crippen molar-refractivity contribution in [1.29, 1.82) is 0 Å². The van der Waals surface area contributed by atoms with E-state index in [1.54, 1.807) is 0 Å². The Bertz CT molecular complexity index is 470. The maximum absolute atomic E-state index is 13.1. The van der Waals surface area contributed by atoms with Crippen LogP contribution in [-0.4, -0.2) is 16.4 Å². The van der Waals surface area contributed by atoms with E-state index in [0.717, 1.165) is 19.1 Å². The Morgan fingerprint density at radius 1 is 1.50 bits per heavy atom. The predicted octanol–water partition coefficient (Wildman–Crippen LogP) is 2.18. The fourth-order valence-electron chi connectivity index (χ4n) is 1.40. The maximum Gasteiger partial charge on any atom is 0.150 e. The minimum absolute atomic E-state index is 0.00269. The summed E-state index contributed by atoms with van der Waals surface area (Å²) in [6, 6.07) is 2.80. The first-order chi connectivity index (χ1) is 7.79. The molecule has 2 rings (SSSR count). The summed E-state index contributed by atoms with van der Waals surface area (Å²) < 4.78 is 13.1. The molecule has 1 saturated carbocycles. The average Bonchev–Trinajstić information content (AvgIpc) is 2.21. The Balaban J connectivity index is 2.20. The molecular weight excluding hydrogens is 207 g/mol. The highest BCUT2D eigenvalue weighted by Gasteiger charge is 2.13. The molecule has 0 bridgehead atoms. The molecule has 0 aromatic carbocycles. The third-order valence-corrected chi connectivity index (χ3v) is 2.56. The Labute approximate surface area is 93.0 Å². The predicted molar refractivity (Wildman–Crippen MR) is 57.8 cm³/mol. The molecule has 0 atom stereocenters. The summed E-state index contributed by atoms with van der Waals surface area (Å²) >= 11 is 0. The van der Waals surface area contributed by atoms with Crippen molar-refractivity contribution in [3.05, 3.63) is 29.3 Å². The Morgan fingerprint density at radius 2 is 2.31 bits per heavy atom. The van der Waals surface area contributed by atoms with Gasteiger partial charge < -0.3 is 5.21 Å². The molecule has 0 amide bonds. The second-order valence-electron chi connectivity index (χ2n) is 3.71. The van der Waals surface area contributed by atoms with Crippen LogP contribution in [0.2, 0.25) is 0 Å². The smallest absolute Gasteiger partial charge is 0.150 e. The van der Waals surface area contributed by atoms with Gasteiger partial charge in [0.25, 0.3) is 0 Å². The largest absolute Gasteiger partial charge is 0.411 e. The molecule has 1 fully saturated rings. The summed E-state index contributed by atoms with van der Waals surface area (Å²) in [5.41, 5.74) is 0.506. The number of oxime groups is 1. The van der Waals surface area contributed by atoms with Crippen LogP contribution in [0.25, 0.3) is 0 Å². The van der Waals surface area contributed by atoms with Crippen LogP contribution in [0, 0.1) is 23.6 Å². The summed E-state index contributed by atoms with van der Waals surface area (Å²) in [6.45, 7) is 0. The van der Waals surface area contributed by atoms with Crippen LogP contribution in [0.4, 0.5) is 4.39 Å². The van der Waals surface area contributed by atoms with E-state index in [0.29, 0.717) is 11.6 Å². The Kier molecular flexibility index (Phi) is 3.16. The van der Waals surface area contributed by atoms with Crippen LogP contribution in [0.3, 0.4) is 0 Å². The van der Waals surface area contributed by atoms with E-state index in [1.807, 2.05) is 0 Å². The van der Waals surface area contributed by atoms with Gasteiger partial charge in [-0.15, -0.1) is 0 Å². The Hall–Kier alpha value is -1.89. The van der Waals surface area contributed by atoms with Crippen LogP contribution in [0.5, 0.6) is 0 Å². The number of rotatable bonds is 1. The van der Waals surface area contributed by atoms with E-state index in [1.165, 1.54) is 18.6 Å². The van der Waals surface area contributed by atoms with Gasteiger partial charge in [-0.25, -0.2) is 9.37 Å². The molecule has 3 nitrogen and oxygen atoms in total. The minimum Gasteiger partial charge on any atom is -0.411 e. The molecular formula is C12H11FN2O. The quantitative estimate of drug-likeness (QED) is 0.340. The molecule has 0 unspecified atom stereocenters. The first kappa shape index (κ1) is 10.6. The summed E-state index contributed by atoms with van der Waals surface area (Å²) in [4.78, 5) is 3.93. The molecule has 82 valence electrons. The molecule has 1 heterocycles. The van der Waals surface area contributed by atoms with Crippen LogP contribution < -0.4 is 0 Å². The highest BCUT2D eigenvalue weighted by molar-refractivity contribution is 5.76. The maximum atomic E-state index is 13.1. The van der Waals surface area contributed by atoms with Crippen molar-refractivity contribution in [2.45, 2.75) is 19.3 Å². The summed E-state index contributed by atoms with van der Waals surface area (Å²) in [5.74, 6) is 5.92. The molecule has 1 aromatic rings. The molecule has 0 aliphatic heterocycles. The highest BCUT2D eigenvalue weighted by atomic mass is 19.1. The van der Waals surface area contributed by atoms with E-state index < -0.39 is 5.82 Å². The normalized spacial score (nSPS) is 15.6. The lowest BCUT2D eigenvalue weighted by atomic mass is 9.86. The van der Waals surface area contributed by atoms with Crippen molar-refractivity contribution in [2.24, 2.45) is 11.1 Å². The van der Waals surface area contributed by atoms with Gasteiger partial charge >= 0.3 is 0 Å². The Morgan fingerprint density at radius 3 is 2.94 bits per heavy atom. The summed E-state index contributed by atoms with van der Waals surface area (Å²) in [5, 5.41) is 11.1. The van der Waals surface area contributed by atoms with E-state index in [4.69, 9.17) is 5.21 Å². The summed E-state index contributed by atoms with van der Waals surface area (Å²) in [7, 11) is 0. The SMILES string of the molecule is O/N=C\c1nc(C#CC2CCC2)ccc1F. The number of hydrogen-bond acceptors (Lipinski definition) is 3. The molecule has 0 saturated heterocycles. The fraction of sp³-hybridized carbons (Fsp3) is 0.333. The number of hydrogen-bond donors (Lipinski definition) is 1. The second-order valence-corrected chi connectivity index (χ2v) is 3.71. The highest BCUT2D eigenvalue weighted by Crippen LogP contribution is 2.25. The van der Waals surface area contributed by atoms with Crippen LogP contribution in [-0.2, 0) is 0 Å². The molecule has 4 heteroatoms. The van der Waals surface area contributed by atoms with E-state index in [2.05, 4.69) is 22.0 Å². The number of nitrogens with zero attached hydrogens (tertiary/aromatic N) is 2. The zero-order valence-electron chi connectivity index (χ0n) is 8.65. The first-order valence-electron chi connectivity index (χ1n) is 5.15. The molecule has 1 aromatic heterocycles. The van der Waals surface area contributed by atoms with Crippen molar-refractivity contribution in [1.82, 2.24) is 4.98 Å². The zero-order valence-corrected chi connectivity index (χ0v) is 8.65. The lowest BCUT2D eigenvalue weighted by Crippen LogP contribution is -2.07. The monoisotopic (exact) mass is 218 g/mol. The molecule has 1 aliphatic rings. The van der Waals surface area contributed by atoms with Gasteiger partial charge in [0.05, 0.1) is 6.21 Å². The fourth-order valence-corrected chi connectivity index (χ4v) is 1.40. The van der Waals surface area contributed by atoms with Crippen molar-refractivity contribution in [3.63, 3.8) is 0 Å². The third-order valence-electron chi connectivity index (χ3n) is 2.56. The molecule has 1 aliphatic carbocycles. The zero-order chi connectivity index (χ0) is 11.4. The first-order valence-corrected chi connectivity index (χ1v) is 5.15. The van der Waals surface area contributed by atoms with E-state index in [-0.39, 0.29) is 5.69 Å². The standard InChI is InChI=1S/C12H11FN2O/c13-11-7-6-10(15-12(11)8-14-16)5-4-9-2-1-3-9/h6-9,16H,1-3H2/b14-8-. The van der Waals surface area contributed by atoms with Crippen molar-refractivity contribution in [2.75, 3.05) is 0 Å². The van der Waals surface area contributed by atoms with Gasteiger partial charge in [0.15, 0.2) is 5.82 Å². The lowest BCUT2D eigenvalue weighted by Gasteiger charge is -2.18. The van der Waals surface area contributed by atoms with Gasteiger partial charge in [-0.1, -0.05) is 17.5 Å².